The van der Waals surface area contributed by atoms with Crippen molar-refractivity contribution in [1.82, 2.24) is 9.55 Å². The first-order chi connectivity index (χ1) is 26.3. The second kappa shape index (κ2) is 13.9. The molecule has 9 rings (SSSR count). The van der Waals surface area contributed by atoms with Gasteiger partial charge in [-0.2, -0.15) is 0 Å². The number of ether oxygens (including phenoxy) is 2. The molecule has 3 heterocycles. The Balaban J connectivity index is 1.14. The molecule has 0 N–H and O–H groups in total. The van der Waals surface area contributed by atoms with Crippen molar-refractivity contribution >= 4 is 27.7 Å². The monoisotopic (exact) mass is 709 g/mol. The molecule has 2 aromatic heterocycles. The van der Waals surface area contributed by atoms with Crippen molar-refractivity contribution < 1.29 is 9.47 Å². The van der Waals surface area contributed by atoms with Crippen LogP contribution in [0.5, 0.6) is 11.5 Å². The fraction of sp³-hybridized carbons (Fsp3) is 0.265. The van der Waals surface area contributed by atoms with Crippen molar-refractivity contribution in [3.05, 3.63) is 156 Å². The van der Waals surface area contributed by atoms with Crippen LogP contribution in [0.1, 0.15) is 81.2 Å². The predicted molar refractivity (Wildman–Crippen MR) is 221 cm³/mol. The Kier molecular flexibility index (Phi) is 8.81. The Morgan fingerprint density at radius 2 is 1.43 bits per heavy atom. The van der Waals surface area contributed by atoms with E-state index in [0.29, 0.717) is 11.8 Å². The van der Waals surface area contributed by atoms with Gasteiger partial charge in [0.1, 0.15) is 23.4 Å². The third kappa shape index (κ3) is 6.57. The number of aliphatic imine (C=N–C) groups is 1. The highest BCUT2D eigenvalue weighted by Crippen LogP contribution is 2.42. The molecule has 0 amide bonds. The van der Waals surface area contributed by atoms with Gasteiger partial charge < -0.3 is 9.47 Å². The summed E-state index contributed by atoms with van der Waals surface area (Å²) in [4.78, 5) is 10.3. The average Bonchev–Trinajstić information content (AvgIpc) is 3.78. The molecule has 2 atom stereocenters. The number of aromatic nitrogens is 2. The first-order valence-corrected chi connectivity index (χ1v) is 19.5. The summed E-state index contributed by atoms with van der Waals surface area (Å²) < 4.78 is 16.0. The lowest BCUT2D eigenvalue weighted by Crippen LogP contribution is -2.25. The predicted octanol–water partition coefficient (Wildman–Crippen LogP) is 12.7. The smallest absolute Gasteiger partial charge is 0.217 e. The zero-order valence-corrected chi connectivity index (χ0v) is 31.6. The van der Waals surface area contributed by atoms with E-state index < -0.39 is 0 Å². The van der Waals surface area contributed by atoms with Gasteiger partial charge in [0.25, 0.3) is 0 Å². The molecule has 5 nitrogen and oxygen atoms in total. The van der Waals surface area contributed by atoms with Gasteiger partial charge >= 0.3 is 0 Å². The molecule has 0 spiro atoms. The summed E-state index contributed by atoms with van der Waals surface area (Å²) in [5.41, 5.74) is 8.91. The quantitative estimate of drug-likeness (QED) is 0.166. The van der Waals surface area contributed by atoms with Crippen molar-refractivity contribution in [3.8, 4) is 28.4 Å². The van der Waals surface area contributed by atoms with E-state index in [1.807, 2.05) is 6.20 Å². The minimum absolute atomic E-state index is 0.00630. The molecule has 5 aromatic carbocycles. The van der Waals surface area contributed by atoms with E-state index in [9.17, 15) is 0 Å². The number of hydrogen-bond donors (Lipinski definition) is 0. The highest BCUT2D eigenvalue weighted by molar-refractivity contribution is 6.09. The van der Waals surface area contributed by atoms with Crippen molar-refractivity contribution in [2.75, 3.05) is 0 Å². The molecule has 0 saturated heterocycles. The minimum atomic E-state index is -0.104. The van der Waals surface area contributed by atoms with Crippen LogP contribution in [0.15, 0.2) is 139 Å². The first kappa shape index (κ1) is 34.1. The molecule has 2 aliphatic rings. The van der Waals surface area contributed by atoms with Gasteiger partial charge in [0.05, 0.1) is 17.1 Å². The number of pyridine rings is 1. The van der Waals surface area contributed by atoms with Gasteiger partial charge in [-0.25, -0.2) is 9.98 Å². The van der Waals surface area contributed by atoms with Gasteiger partial charge in [0.2, 0.25) is 5.90 Å². The Bertz CT molecular complexity index is 2490. The van der Waals surface area contributed by atoms with Gasteiger partial charge in [-0.05, 0) is 108 Å². The third-order valence-electron chi connectivity index (χ3n) is 11.3. The Hall–Kier alpha value is -5.68. The Morgan fingerprint density at radius 1 is 0.667 bits per heavy atom. The maximum atomic E-state index is 6.88. The molecule has 270 valence electrons. The van der Waals surface area contributed by atoms with Crippen LogP contribution in [0.2, 0.25) is 0 Å². The number of hydrogen-bond acceptors (Lipinski definition) is 4. The van der Waals surface area contributed by atoms with E-state index >= 15 is 0 Å². The topological polar surface area (TPSA) is 48.6 Å². The fourth-order valence-electron chi connectivity index (χ4n) is 8.45. The maximum Gasteiger partial charge on any atom is 0.217 e. The van der Waals surface area contributed by atoms with Crippen molar-refractivity contribution in [1.29, 1.82) is 0 Å². The number of fused-ring (bicyclic) bond motifs is 3. The van der Waals surface area contributed by atoms with E-state index in [1.165, 1.54) is 54.2 Å². The molecule has 0 radical (unpaired) electrons. The Morgan fingerprint density at radius 3 is 2.20 bits per heavy atom. The fourth-order valence-corrected chi connectivity index (χ4v) is 8.45. The summed E-state index contributed by atoms with van der Waals surface area (Å²) in [7, 11) is 0. The summed E-state index contributed by atoms with van der Waals surface area (Å²) >= 11 is 0. The van der Waals surface area contributed by atoms with E-state index in [2.05, 4.69) is 160 Å². The molecule has 0 bridgehead atoms. The molecule has 1 fully saturated rings. The number of aryl methyl sites for hydroxylation is 1. The van der Waals surface area contributed by atoms with Gasteiger partial charge in [-0.15, -0.1) is 0 Å². The standard InChI is InChI=1S/C49H47N3O2/c1-32-20-23-43-42(26-32)41-22-21-39(31-44(41)52(43)45-30-38(24-25-50-45)49(2,3)4)53-40-28-36(33-14-8-5-9-15-33)27-37(29-40)48-51-46(34-16-10-6-11-17-34)47(54-48)35-18-12-7-13-19-35/h5,7-9,12-15,18-31,34,46-47H,6,10-11,16-17H2,1-4H3/t46-,47+/m1/s1. The highest BCUT2D eigenvalue weighted by Gasteiger charge is 2.39. The van der Waals surface area contributed by atoms with Crippen LogP contribution in [0.3, 0.4) is 0 Å². The summed E-state index contributed by atoms with van der Waals surface area (Å²) in [6.45, 7) is 8.87. The molecular weight excluding hydrogens is 663 g/mol. The second-order valence-electron chi connectivity index (χ2n) is 16.2. The van der Waals surface area contributed by atoms with Crippen molar-refractivity contribution in [2.24, 2.45) is 10.9 Å². The van der Waals surface area contributed by atoms with E-state index in [-0.39, 0.29) is 17.6 Å². The van der Waals surface area contributed by atoms with Crippen LogP contribution in [-0.2, 0) is 10.2 Å². The number of rotatable bonds is 7. The van der Waals surface area contributed by atoms with E-state index in [0.717, 1.165) is 50.4 Å². The Labute approximate surface area is 318 Å². The molecule has 1 aliphatic heterocycles. The lowest BCUT2D eigenvalue weighted by atomic mass is 9.81. The number of benzene rings is 5. The number of nitrogens with zero attached hydrogens (tertiary/aromatic N) is 3. The lowest BCUT2D eigenvalue weighted by Gasteiger charge is -2.28. The summed E-state index contributed by atoms with van der Waals surface area (Å²) in [5.74, 6) is 3.59. The molecule has 0 unspecified atom stereocenters. The normalized spacial score (nSPS) is 17.8. The van der Waals surface area contributed by atoms with Crippen LogP contribution in [-0.4, -0.2) is 21.5 Å². The lowest BCUT2D eigenvalue weighted by molar-refractivity contribution is 0.150. The van der Waals surface area contributed by atoms with Crippen LogP contribution in [0, 0.1) is 12.8 Å². The van der Waals surface area contributed by atoms with Gasteiger partial charge in [-0.3, -0.25) is 4.57 Å². The van der Waals surface area contributed by atoms with Crippen molar-refractivity contribution in [3.63, 3.8) is 0 Å². The van der Waals surface area contributed by atoms with Gasteiger partial charge in [0, 0.05) is 28.6 Å². The SMILES string of the molecule is Cc1ccc2c(c1)c1ccc(Oc3cc(C4=N[C@H](C5CCCCC5)[C@H](c5ccccc5)O4)cc(-c4ccccc4)c3)cc1n2-c1cc(C(C)(C)C)ccn1. The second-order valence-corrected chi connectivity index (χ2v) is 16.2. The van der Waals surface area contributed by atoms with E-state index in [4.69, 9.17) is 19.5 Å². The van der Waals surface area contributed by atoms with E-state index in [1.54, 1.807) is 0 Å². The van der Waals surface area contributed by atoms with Crippen LogP contribution in [0.25, 0.3) is 38.8 Å². The van der Waals surface area contributed by atoms with Crippen LogP contribution >= 0.6 is 0 Å². The molecule has 1 saturated carbocycles. The molecule has 5 heteroatoms. The average molecular weight is 710 g/mol. The molecular formula is C49H47N3O2. The van der Waals surface area contributed by atoms with Gasteiger partial charge in [-0.1, -0.05) is 112 Å². The third-order valence-corrected chi connectivity index (χ3v) is 11.3. The van der Waals surface area contributed by atoms with Crippen LogP contribution in [0.4, 0.5) is 0 Å². The molecule has 54 heavy (non-hydrogen) atoms. The summed E-state index contributed by atoms with van der Waals surface area (Å²) in [5, 5.41) is 2.36. The maximum absolute atomic E-state index is 6.88. The van der Waals surface area contributed by atoms with Crippen molar-refractivity contribution in [2.45, 2.75) is 77.4 Å². The first-order valence-electron chi connectivity index (χ1n) is 19.5. The highest BCUT2D eigenvalue weighted by atomic mass is 16.5. The van der Waals surface area contributed by atoms with Crippen LogP contribution < -0.4 is 4.74 Å². The molecule has 7 aromatic rings. The zero-order valence-electron chi connectivity index (χ0n) is 31.6. The zero-order chi connectivity index (χ0) is 36.8. The minimum Gasteiger partial charge on any atom is -0.467 e. The summed E-state index contributed by atoms with van der Waals surface area (Å²) in [6, 6.07) is 45.0. The summed E-state index contributed by atoms with van der Waals surface area (Å²) in [6.07, 6.45) is 8.04. The molecule has 1 aliphatic carbocycles. The van der Waals surface area contributed by atoms with Gasteiger partial charge in [0.15, 0.2) is 0 Å². The largest absolute Gasteiger partial charge is 0.467 e.